The lowest BCUT2D eigenvalue weighted by atomic mass is 10.2. The summed E-state index contributed by atoms with van der Waals surface area (Å²) in [6.45, 7) is 0.370. The van der Waals surface area contributed by atoms with E-state index >= 15 is 0 Å². The minimum Gasteiger partial charge on any atom is -0.493 e. The van der Waals surface area contributed by atoms with Crippen LogP contribution in [0.4, 0.5) is 11.5 Å². The van der Waals surface area contributed by atoms with Crippen LogP contribution in [0.2, 0.25) is 0 Å². The number of nitrogens with zero attached hydrogens (tertiary/aromatic N) is 3. The molecule has 0 aliphatic rings. The summed E-state index contributed by atoms with van der Waals surface area (Å²) in [6.07, 6.45) is 1.54. The minimum absolute atomic E-state index is 0.370. The number of hydrogen-bond acceptors (Lipinski definition) is 7. The van der Waals surface area contributed by atoms with E-state index in [1.807, 2.05) is 35.7 Å². The van der Waals surface area contributed by atoms with E-state index in [0.717, 1.165) is 33.3 Å². The second-order valence-electron chi connectivity index (χ2n) is 5.87. The van der Waals surface area contributed by atoms with E-state index in [-0.39, 0.29) is 0 Å². The van der Waals surface area contributed by atoms with E-state index < -0.39 is 0 Å². The molecule has 2 aromatic carbocycles. The smallest absolute Gasteiger partial charge is 0.163 e. The van der Waals surface area contributed by atoms with Gasteiger partial charge in [0.05, 0.1) is 24.0 Å². The topological polar surface area (TPSA) is 69.2 Å². The molecule has 6 nitrogen and oxygen atoms in total. The summed E-state index contributed by atoms with van der Waals surface area (Å²) in [6, 6.07) is 9.79. The molecule has 0 saturated carbocycles. The van der Waals surface area contributed by atoms with E-state index in [0.29, 0.717) is 23.9 Å². The van der Waals surface area contributed by atoms with Crippen molar-refractivity contribution in [3.8, 4) is 11.5 Å². The van der Waals surface area contributed by atoms with Crippen LogP contribution in [0.1, 0.15) is 5.69 Å². The SMILES string of the molecule is COc1cc2c(Nc3ccc(Br)cc3I)ncnc2cc1OCc1csc(I)n1. The first kappa shape index (κ1) is 21.0. The highest BCUT2D eigenvalue weighted by Gasteiger charge is 2.13. The van der Waals surface area contributed by atoms with Gasteiger partial charge in [0.15, 0.2) is 14.5 Å². The number of fused-ring (bicyclic) bond motifs is 1. The predicted octanol–water partition coefficient (Wildman–Crippen LogP) is 6.39. The fraction of sp³-hybridized carbons (Fsp3) is 0.105. The van der Waals surface area contributed by atoms with E-state index in [9.17, 15) is 0 Å². The van der Waals surface area contributed by atoms with Crippen molar-refractivity contribution in [2.24, 2.45) is 0 Å². The molecule has 0 atom stereocenters. The minimum atomic E-state index is 0.370. The van der Waals surface area contributed by atoms with E-state index in [1.54, 1.807) is 18.4 Å². The molecule has 0 aliphatic heterocycles. The van der Waals surface area contributed by atoms with Crippen LogP contribution in [-0.4, -0.2) is 22.1 Å². The Morgan fingerprint density at radius 2 is 2.00 bits per heavy atom. The van der Waals surface area contributed by atoms with Crippen molar-refractivity contribution in [2.75, 3.05) is 12.4 Å². The van der Waals surface area contributed by atoms with Gasteiger partial charge in [0.1, 0.15) is 18.8 Å². The van der Waals surface area contributed by atoms with Crippen molar-refractivity contribution in [2.45, 2.75) is 6.61 Å². The highest BCUT2D eigenvalue weighted by Crippen LogP contribution is 2.36. The van der Waals surface area contributed by atoms with Crippen molar-refractivity contribution in [1.82, 2.24) is 15.0 Å². The zero-order valence-corrected chi connectivity index (χ0v) is 21.7. The van der Waals surface area contributed by atoms with Crippen molar-refractivity contribution in [3.63, 3.8) is 0 Å². The van der Waals surface area contributed by atoms with Gasteiger partial charge in [-0.25, -0.2) is 15.0 Å². The maximum absolute atomic E-state index is 5.95. The van der Waals surface area contributed by atoms with Gasteiger partial charge in [-0.2, -0.15) is 0 Å². The zero-order chi connectivity index (χ0) is 20.4. The number of rotatable bonds is 6. The van der Waals surface area contributed by atoms with Crippen LogP contribution < -0.4 is 14.8 Å². The summed E-state index contributed by atoms with van der Waals surface area (Å²) < 4.78 is 14.6. The van der Waals surface area contributed by atoms with E-state index in [2.05, 4.69) is 81.4 Å². The lowest BCUT2D eigenvalue weighted by molar-refractivity contribution is 0.281. The number of halogens is 3. The number of hydrogen-bond donors (Lipinski definition) is 1. The number of ether oxygens (including phenoxy) is 2. The molecule has 29 heavy (non-hydrogen) atoms. The largest absolute Gasteiger partial charge is 0.493 e. The molecular formula is C19H13BrI2N4O2S. The lowest BCUT2D eigenvalue weighted by Gasteiger charge is -2.14. The van der Waals surface area contributed by atoms with Crippen LogP contribution in [0.3, 0.4) is 0 Å². The molecule has 0 bridgehead atoms. The first-order valence-corrected chi connectivity index (χ1v) is 12.1. The first-order chi connectivity index (χ1) is 14.0. The van der Waals surface area contributed by atoms with Crippen molar-refractivity contribution in [3.05, 3.63) is 58.8 Å². The highest BCUT2D eigenvalue weighted by molar-refractivity contribution is 14.1. The molecule has 0 saturated heterocycles. The molecule has 148 valence electrons. The van der Waals surface area contributed by atoms with Gasteiger partial charge in [0.25, 0.3) is 0 Å². The van der Waals surface area contributed by atoms with Crippen LogP contribution in [0, 0.1) is 6.58 Å². The Hall–Kier alpha value is -1.25. The molecule has 4 aromatic rings. The van der Waals surface area contributed by atoms with Gasteiger partial charge in [0, 0.05) is 24.9 Å². The average Bonchev–Trinajstić information content (AvgIpc) is 3.13. The van der Waals surface area contributed by atoms with Gasteiger partial charge in [-0.1, -0.05) is 15.9 Å². The normalized spacial score (nSPS) is 10.9. The number of thiazole rings is 1. The number of aromatic nitrogens is 3. The van der Waals surface area contributed by atoms with Gasteiger partial charge in [0.2, 0.25) is 0 Å². The molecule has 4 rings (SSSR count). The highest BCUT2D eigenvalue weighted by atomic mass is 127. The summed E-state index contributed by atoms with van der Waals surface area (Å²) in [4.78, 5) is 13.2. The summed E-state index contributed by atoms with van der Waals surface area (Å²) in [5, 5.41) is 6.22. The molecule has 2 aromatic heterocycles. The van der Waals surface area contributed by atoms with Crippen LogP contribution in [0.15, 0.2) is 46.5 Å². The number of methoxy groups -OCH3 is 1. The van der Waals surface area contributed by atoms with E-state index in [4.69, 9.17) is 9.47 Å². The maximum atomic E-state index is 5.95. The Morgan fingerprint density at radius 1 is 1.14 bits per heavy atom. The Balaban J connectivity index is 1.67. The quantitative estimate of drug-likeness (QED) is 0.236. The third-order valence-electron chi connectivity index (χ3n) is 4.00. The molecule has 10 heteroatoms. The number of anilines is 2. The maximum Gasteiger partial charge on any atom is 0.163 e. The molecule has 0 aliphatic carbocycles. The van der Waals surface area contributed by atoms with Gasteiger partial charge >= 0.3 is 0 Å². The molecule has 0 radical (unpaired) electrons. The third-order valence-corrected chi connectivity index (χ3v) is 7.07. The predicted molar refractivity (Wildman–Crippen MR) is 135 cm³/mol. The molecule has 1 N–H and O–H groups in total. The monoisotopic (exact) mass is 694 g/mol. The standard InChI is InChI=1S/C19H13BrI2N4O2S/c1-27-16-5-12-15(6-17(16)28-7-11-8-29-19(22)25-11)23-9-24-18(12)26-14-3-2-10(20)4-13(14)21/h2-6,8-9H,7H2,1H3,(H,23,24,26). The van der Waals surface area contributed by atoms with Crippen molar-refractivity contribution >= 4 is 94.9 Å². The van der Waals surface area contributed by atoms with Crippen LogP contribution in [0.5, 0.6) is 11.5 Å². The van der Waals surface area contributed by atoms with Crippen molar-refractivity contribution < 1.29 is 9.47 Å². The zero-order valence-electron chi connectivity index (χ0n) is 14.9. The number of nitrogens with one attached hydrogen (secondary N) is 1. The Kier molecular flexibility index (Phi) is 6.71. The first-order valence-electron chi connectivity index (χ1n) is 8.31. The van der Waals surface area contributed by atoms with Crippen LogP contribution in [0.25, 0.3) is 10.9 Å². The Labute approximate surface area is 206 Å². The average molecular weight is 695 g/mol. The fourth-order valence-corrected chi connectivity index (χ4v) is 5.31. The second kappa shape index (κ2) is 9.27. The van der Waals surface area contributed by atoms with Crippen LogP contribution >= 0.6 is 72.4 Å². The van der Waals surface area contributed by atoms with Crippen LogP contribution in [-0.2, 0) is 6.61 Å². The Morgan fingerprint density at radius 3 is 2.72 bits per heavy atom. The number of benzene rings is 2. The van der Waals surface area contributed by atoms with Gasteiger partial charge in [-0.05, 0) is 69.4 Å². The second-order valence-corrected chi connectivity index (χ2v) is 10.6. The molecule has 0 amide bonds. The Bertz CT molecular complexity index is 1190. The summed E-state index contributed by atoms with van der Waals surface area (Å²) in [7, 11) is 1.62. The third kappa shape index (κ3) is 4.91. The summed E-state index contributed by atoms with van der Waals surface area (Å²) in [5.41, 5.74) is 2.61. The summed E-state index contributed by atoms with van der Waals surface area (Å²) >= 11 is 9.56. The molecule has 2 heterocycles. The molecular weight excluding hydrogens is 682 g/mol. The van der Waals surface area contributed by atoms with Gasteiger partial charge < -0.3 is 14.8 Å². The lowest BCUT2D eigenvalue weighted by Crippen LogP contribution is -2.01. The fourth-order valence-electron chi connectivity index (χ4n) is 2.65. The van der Waals surface area contributed by atoms with Gasteiger partial charge in [-0.15, -0.1) is 11.3 Å². The molecule has 0 spiro atoms. The van der Waals surface area contributed by atoms with Crippen molar-refractivity contribution in [1.29, 1.82) is 0 Å². The molecule has 0 unspecified atom stereocenters. The van der Waals surface area contributed by atoms with Gasteiger partial charge in [-0.3, -0.25) is 0 Å². The van der Waals surface area contributed by atoms with E-state index in [1.165, 1.54) is 6.33 Å². The summed E-state index contributed by atoms with van der Waals surface area (Å²) in [5.74, 6) is 1.94. The molecule has 0 fully saturated rings.